The Balaban J connectivity index is 1.13. The number of carboxylic acids is 1. The van der Waals surface area contributed by atoms with Crippen LogP contribution in [0.25, 0.3) is 11.1 Å². The molecule has 0 bridgehead atoms. The lowest BCUT2D eigenvalue weighted by atomic mass is 9.98. The first-order valence-corrected chi connectivity index (χ1v) is 13.7. The molecule has 0 saturated heterocycles. The minimum atomic E-state index is -1.10. The van der Waals surface area contributed by atoms with Crippen molar-refractivity contribution in [2.45, 2.75) is 69.4 Å². The third-order valence-corrected chi connectivity index (χ3v) is 7.11. The van der Waals surface area contributed by atoms with Crippen LogP contribution in [-0.2, 0) is 19.1 Å². The van der Waals surface area contributed by atoms with E-state index < -0.39 is 24.0 Å². The maximum absolute atomic E-state index is 12.3. The number of hydrogen-bond donors (Lipinski definition) is 3. The second-order valence-corrected chi connectivity index (χ2v) is 9.93. The summed E-state index contributed by atoms with van der Waals surface area (Å²) < 4.78 is 11.1. The van der Waals surface area contributed by atoms with Crippen LogP contribution in [0.2, 0.25) is 0 Å². The van der Waals surface area contributed by atoms with Gasteiger partial charge >= 0.3 is 12.1 Å². The van der Waals surface area contributed by atoms with E-state index in [0.717, 1.165) is 43.2 Å². The summed E-state index contributed by atoms with van der Waals surface area (Å²) in [6, 6.07) is 15.3. The number of carboxylic acid groups (broad SMARTS) is 1. The summed E-state index contributed by atoms with van der Waals surface area (Å²) in [7, 11) is 0. The molecule has 0 saturated carbocycles. The Kier molecular flexibility index (Phi) is 10.4. The summed E-state index contributed by atoms with van der Waals surface area (Å²) in [6.45, 7) is 0.369. The number of carbonyl (C=O) groups excluding carboxylic acids is 2. The first kappa shape index (κ1) is 28.2. The maximum atomic E-state index is 12.3. The molecular weight excluding hydrogens is 496 g/mol. The molecule has 0 aliphatic heterocycles. The van der Waals surface area contributed by atoms with Gasteiger partial charge in [0.15, 0.2) is 0 Å². The first-order valence-electron chi connectivity index (χ1n) is 13.7. The van der Waals surface area contributed by atoms with E-state index in [1.165, 1.54) is 11.1 Å². The van der Waals surface area contributed by atoms with Gasteiger partial charge in [0.05, 0.1) is 0 Å². The fourth-order valence-corrected chi connectivity index (χ4v) is 5.09. The first-order chi connectivity index (χ1) is 19.0. The second kappa shape index (κ2) is 14.4. The highest BCUT2D eigenvalue weighted by molar-refractivity contribution is 5.84. The molecule has 2 aromatic carbocycles. The average Bonchev–Trinajstić information content (AvgIpc) is 3.24. The number of alkyl carbamates (subject to hydrolysis) is 1. The highest BCUT2D eigenvalue weighted by atomic mass is 16.5. The Bertz CT molecular complexity index is 1170. The zero-order valence-electron chi connectivity index (χ0n) is 22.1. The molecule has 3 N–H and O–H groups in total. The van der Waals surface area contributed by atoms with Gasteiger partial charge in [-0.3, -0.25) is 4.79 Å². The molecule has 4 rings (SSSR count). The van der Waals surface area contributed by atoms with E-state index in [0.29, 0.717) is 19.4 Å². The zero-order valence-corrected chi connectivity index (χ0v) is 22.1. The molecule has 2 amide bonds. The van der Waals surface area contributed by atoms with Crippen LogP contribution in [0.15, 0.2) is 48.5 Å². The molecule has 1 unspecified atom stereocenters. The molecule has 0 fully saturated rings. The van der Waals surface area contributed by atoms with Crippen LogP contribution in [0.1, 0.15) is 68.4 Å². The van der Waals surface area contributed by atoms with Crippen LogP contribution in [0.4, 0.5) is 4.79 Å². The van der Waals surface area contributed by atoms with Crippen molar-refractivity contribution in [3.05, 3.63) is 59.7 Å². The number of aliphatic carboxylic acids is 1. The molecule has 8 heteroatoms. The number of hydrogen-bond acceptors (Lipinski definition) is 5. The molecule has 0 aromatic heterocycles. The van der Waals surface area contributed by atoms with Gasteiger partial charge in [-0.1, -0.05) is 60.9 Å². The minimum absolute atomic E-state index is 0.00818. The summed E-state index contributed by atoms with van der Waals surface area (Å²) in [5, 5.41) is 14.8. The van der Waals surface area contributed by atoms with Crippen molar-refractivity contribution in [2.24, 2.45) is 0 Å². The topological polar surface area (TPSA) is 114 Å². The monoisotopic (exact) mass is 532 g/mol. The van der Waals surface area contributed by atoms with Crippen molar-refractivity contribution in [1.29, 1.82) is 0 Å². The van der Waals surface area contributed by atoms with Crippen molar-refractivity contribution in [3.63, 3.8) is 0 Å². The van der Waals surface area contributed by atoms with Crippen LogP contribution < -0.4 is 10.6 Å². The lowest BCUT2D eigenvalue weighted by Gasteiger charge is -2.17. The summed E-state index contributed by atoms with van der Waals surface area (Å²) in [4.78, 5) is 36.2. The Morgan fingerprint density at radius 1 is 0.974 bits per heavy atom. The zero-order chi connectivity index (χ0) is 27.5. The van der Waals surface area contributed by atoms with Gasteiger partial charge in [-0.05, 0) is 60.8 Å². The number of rotatable bonds is 12. The Morgan fingerprint density at radius 2 is 1.69 bits per heavy atom. The van der Waals surface area contributed by atoms with Gasteiger partial charge in [0, 0.05) is 18.9 Å². The molecule has 2 atom stereocenters. The van der Waals surface area contributed by atoms with Crippen molar-refractivity contribution in [1.82, 2.24) is 10.6 Å². The standard InChI is InChI=1S/C31H36N2O6/c34-29(21-38-22-12-4-2-1-3-5-13-22)33-28(30(35)36)18-10-11-19-32-31(37)39-20-27-25-16-8-6-14-23(25)24-15-7-9-17-26(24)27/h6-9,14-17,22,27-28H,1-4,10-12,18-21H2,(H,32,37)(H,33,34)(H,35,36)/t22?,28-/m0/s1. The van der Waals surface area contributed by atoms with E-state index in [4.69, 9.17) is 9.47 Å². The Morgan fingerprint density at radius 3 is 2.41 bits per heavy atom. The molecule has 0 radical (unpaired) electrons. The smallest absolute Gasteiger partial charge is 0.407 e. The summed E-state index contributed by atoms with van der Waals surface area (Å²) in [6.07, 6.45) is 5.31. The molecule has 39 heavy (non-hydrogen) atoms. The number of ether oxygens (including phenoxy) is 2. The van der Waals surface area contributed by atoms with Crippen LogP contribution in [0, 0.1) is 11.8 Å². The molecular formula is C31H36N2O6. The second-order valence-electron chi connectivity index (χ2n) is 9.93. The highest BCUT2D eigenvalue weighted by Gasteiger charge is 2.29. The van der Waals surface area contributed by atoms with E-state index >= 15 is 0 Å². The number of unbranched alkanes of at least 4 members (excludes halogenated alkanes) is 1. The molecule has 2 aliphatic carbocycles. The normalized spacial score (nSPS) is 16.9. The van der Waals surface area contributed by atoms with Crippen molar-refractivity contribution >= 4 is 18.0 Å². The molecule has 0 spiro atoms. The van der Waals surface area contributed by atoms with Crippen LogP contribution in [0.5, 0.6) is 0 Å². The Labute approximate surface area is 229 Å². The van der Waals surface area contributed by atoms with Gasteiger partial charge in [0.1, 0.15) is 25.4 Å². The van der Waals surface area contributed by atoms with E-state index in [1.54, 1.807) is 0 Å². The summed E-state index contributed by atoms with van der Waals surface area (Å²) >= 11 is 0. The number of fused-ring (bicyclic) bond motifs is 3. The summed E-state index contributed by atoms with van der Waals surface area (Å²) in [5.41, 5.74) is 4.64. The molecule has 8 nitrogen and oxygen atoms in total. The van der Waals surface area contributed by atoms with Crippen molar-refractivity contribution in [3.8, 4) is 23.0 Å². The lowest BCUT2D eigenvalue weighted by Crippen LogP contribution is -2.43. The van der Waals surface area contributed by atoms with Gasteiger partial charge in [0.25, 0.3) is 0 Å². The van der Waals surface area contributed by atoms with E-state index in [2.05, 4.69) is 46.7 Å². The largest absolute Gasteiger partial charge is 0.480 e. The molecule has 2 aromatic rings. The third kappa shape index (κ3) is 8.08. The van der Waals surface area contributed by atoms with Gasteiger partial charge in [-0.25, -0.2) is 9.59 Å². The van der Waals surface area contributed by atoms with Crippen LogP contribution >= 0.6 is 0 Å². The lowest BCUT2D eigenvalue weighted by molar-refractivity contribution is -0.143. The highest BCUT2D eigenvalue weighted by Crippen LogP contribution is 2.44. The molecule has 0 heterocycles. The van der Waals surface area contributed by atoms with Gasteiger partial charge in [-0.15, -0.1) is 5.92 Å². The van der Waals surface area contributed by atoms with Gasteiger partial charge in [-0.2, -0.15) is 0 Å². The van der Waals surface area contributed by atoms with Gasteiger partial charge in [0.2, 0.25) is 5.91 Å². The maximum Gasteiger partial charge on any atom is 0.407 e. The fraction of sp³-hybridized carbons (Fsp3) is 0.452. The molecule has 2 aliphatic rings. The average molecular weight is 533 g/mol. The summed E-state index contributed by atoms with van der Waals surface area (Å²) in [5.74, 6) is 4.51. The predicted octanol–water partition coefficient (Wildman–Crippen LogP) is 4.62. The van der Waals surface area contributed by atoms with Crippen molar-refractivity contribution in [2.75, 3.05) is 19.8 Å². The van der Waals surface area contributed by atoms with E-state index in [1.807, 2.05) is 24.3 Å². The number of benzene rings is 2. The van der Waals surface area contributed by atoms with Crippen molar-refractivity contribution < 1.29 is 29.0 Å². The minimum Gasteiger partial charge on any atom is -0.480 e. The number of amides is 2. The fourth-order valence-electron chi connectivity index (χ4n) is 5.09. The van der Waals surface area contributed by atoms with E-state index in [9.17, 15) is 19.5 Å². The quantitative estimate of drug-likeness (QED) is 0.272. The molecule has 206 valence electrons. The number of nitrogens with one attached hydrogen (secondary N) is 2. The SMILES string of the molecule is O=C(COC1C#CCCCCC1)N[C@@H](CCCCNC(=O)OCC1c2ccccc2-c2ccccc21)C(=O)O. The van der Waals surface area contributed by atoms with Gasteiger partial charge < -0.3 is 25.2 Å². The number of carbonyl (C=O) groups is 3. The predicted molar refractivity (Wildman–Crippen MR) is 147 cm³/mol. The third-order valence-electron chi connectivity index (χ3n) is 7.11. The Hall–Kier alpha value is -3.83. The van der Waals surface area contributed by atoms with Crippen LogP contribution in [0.3, 0.4) is 0 Å². The van der Waals surface area contributed by atoms with Crippen LogP contribution in [-0.4, -0.2) is 55.0 Å². The van der Waals surface area contributed by atoms with E-state index in [-0.39, 0.29) is 31.7 Å².